The zero-order valence-corrected chi connectivity index (χ0v) is 14.8. The van der Waals surface area contributed by atoms with Crippen LogP contribution in [0.5, 0.6) is 5.75 Å². The fourth-order valence-electron chi connectivity index (χ4n) is 2.89. The Kier molecular flexibility index (Phi) is 5.15. The lowest BCUT2D eigenvalue weighted by Crippen LogP contribution is -2.38. The van der Waals surface area contributed by atoms with Crippen LogP contribution < -0.4 is 16.7 Å². The molecule has 134 valence electrons. The fourth-order valence-corrected chi connectivity index (χ4v) is 2.94. The summed E-state index contributed by atoms with van der Waals surface area (Å²) in [5.41, 5.74) is 7.70. The van der Waals surface area contributed by atoms with Crippen molar-refractivity contribution >= 4 is 29.0 Å². The molecule has 0 aliphatic carbocycles. The number of phenols is 1. The van der Waals surface area contributed by atoms with Gasteiger partial charge in [-0.2, -0.15) is 5.10 Å². The van der Waals surface area contributed by atoms with Crippen molar-refractivity contribution < 1.29 is 14.6 Å². The Morgan fingerprint density at radius 3 is 2.65 bits per heavy atom. The molecule has 2 atom stereocenters. The summed E-state index contributed by atoms with van der Waals surface area (Å²) in [5, 5.41) is 14.0. The molecule has 7 nitrogen and oxygen atoms in total. The molecule has 0 saturated heterocycles. The first kappa shape index (κ1) is 17.8. The summed E-state index contributed by atoms with van der Waals surface area (Å²) in [6, 6.07) is 13.9. The highest BCUT2D eigenvalue weighted by atomic mass is 32.1. The van der Waals surface area contributed by atoms with Crippen molar-refractivity contribution in [2.45, 2.75) is 13.0 Å². The number of ether oxygens (including phenoxy) is 1. The van der Waals surface area contributed by atoms with Crippen LogP contribution in [0.25, 0.3) is 0 Å². The number of benzene rings is 2. The predicted molar refractivity (Wildman–Crippen MR) is 101 cm³/mol. The molecule has 0 spiro atoms. The number of hydrogen-bond acceptors (Lipinski definition) is 6. The number of cyclic esters (lactones) is 1. The molecule has 0 unspecified atom stereocenters. The number of aromatic hydroxyl groups is 1. The minimum Gasteiger partial charge on any atom is -0.508 e. The average molecular weight is 370 g/mol. The standard InChI is InChI=1S/C18H18N4O3S/c1-10(16-13-4-2-3-5-14(13)17(24)25-16)15(21-22-18(26)20-19)11-6-8-12(23)9-7-11/h2-10,16,23H,19H2,1H3,(H2,20,22,26)/b21-15+/t10-,16+/m0/s1. The smallest absolute Gasteiger partial charge is 0.339 e. The SMILES string of the molecule is C[C@@H](/C(=N\NC(=S)NN)c1ccc(O)cc1)[C@H]1OC(=O)c2ccccc21. The van der Waals surface area contributed by atoms with E-state index < -0.39 is 6.10 Å². The number of nitrogens with one attached hydrogen (secondary N) is 2. The van der Waals surface area contributed by atoms with Crippen LogP contribution in [-0.4, -0.2) is 21.9 Å². The second-order valence-corrected chi connectivity index (χ2v) is 6.24. The Bertz CT molecular complexity index is 867. The lowest BCUT2D eigenvalue weighted by atomic mass is 9.89. The number of hydrazine groups is 1. The molecular formula is C18H18N4O3S. The maximum absolute atomic E-state index is 12.1. The molecule has 0 saturated carbocycles. The van der Waals surface area contributed by atoms with Gasteiger partial charge in [-0.3, -0.25) is 10.9 Å². The highest BCUT2D eigenvalue weighted by Gasteiger charge is 2.37. The summed E-state index contributed by atoms with van der Waals surface area (Å²) in [4.78, 5) is 12.1. The van der Waals surface area contributed by atoms with E-state index >= 15 is 0 Å². The minimum atomic E-state index is -0.479. The Morgan fingerprint density at radius 2 is 1.96 bits per heavy atom. The lowest BCUT2D eigenvalue weighted by Gasteiger charge is -2.21. The largest absolute Gasteiger partial charge is 0.508 e. The number of nitrogens with two attached hydrogens (primary N) is 1. The zero-order chi connectivity index (χ0) is 18.7. The maximum Gasteiger partial charge on any atom is 0.339 e. The normalized spacial score (nSPS) is 17.2. The second kappa shape index (κ2) is 7.51. The van der Waals surface area contributed by atoms with Crippen molar-refractivity contribution in [2.24, 2.45) is 16.9 Å². The van der Waals surface area contributed by atoms with Gasteiger partial charge in [-0.05, 0) is 48.1 Å². The highest BCUT2D eigenvalue weighted by Crippen LogP contribution is 2.37. The van der Waals surface area contributed by atoms with Crippen LogP contribution in [0.2, 0.25) is 0 Å². The van der Waals surface area contributed by atoms with E-state index in [9.17, 15) is 9.90 Å². The van der Waals surface area contributed by atoms with Gasteiger partial charge in [-0.1, -0.05) is 25.1 Å². The van der Waals surface area contributed by atoms with E-state index in [1.54, 1.807) is 36.4 Å². The molecule has 2 aromatic carbocycles. The van der Waals surface area contributed by atoms with Crippen molar-refractivity contribution in [3.63, 3.8) is 0 Å². The summed E-state index contributed by atoms with van der Waals surface area (Å²) in [7, 11) is 0. The van der Waals surface area contributed by atoms with Gasteiger partial charge in [0.05, 0.1) is 11.3 Å². The number of hydrogen-bond donors (Lipinski definition) is 4. The van der Waals surface area contributed by atoms with E-state index in [2.05, 4.69) is 16.0 Å². The summed E-state index contributed by atoms with van der Waals surface area (Å²) >= 11 is 4.97. The van der Waals surface area contributed by atoms with Crippen LogP contribution in [-0.2, 0) is 4.74 Å². The summed E-state index contributed by atoms with van der Waals surface area (Å²) < 4.78 is 5.58. The monoisotopic (exact) mass is 370 g/mol. The quantitative estimate of drug-likeness (QED) is 0.214. The predicted octanol–water partition coefficient (Wildman–Crippen LogP) is 1.98. The molecular weight excluding hydrogens is 352 g/mol. The Morgan fingerprint density at radius 1 is 1.27 bits per heavy atom. The molecule has 3 rings (SSSR count). The van der Waals surface area contributed by atoms with Gasteiger partial charge in [0.15, 0.2) is 0 Å². The molecule has 1 aliphatic rings. The van der Waals surface area contributed by atoms with E-state index in [0.717, 1.165) is 11.1 Å². The third-order valence-corrected chi connectivity index (χ3v) is 4.39. The van der Waals surface area contributed by atoms with Crippen molar-refractivity contribution in [3.05, 3.63) is 65.2 Å². The first-order valence-corrected chi connectivity index (χ1v) is 8.35. The van der Waals surface area contributed by atoms with Gasteiger partial charge in [0, 0.05) is 11.5 Å². The van der Waals surface area contributed by atoms with Crippen molar-refractivity contribution in [3.8, 4) is 5.75 Å². The first-order valence-electron chi connectivity index (χ1n) is 7.94. The van der Waals surface area contributed by atoms with E-state index in [1.807, 2.05) is 19.1 Å². The molecule has 0 aromatic heterocycles. The molecule has 0 fully saturated rings. The molecule has 0 amide bonds. The van der Waals surface area contributed by atoms with Crippen LogP contribution in [0.3, 0.4) is 0 Å². The number of phenolic OH excluding ortho intramolecular Hbond substituents is 1. The number of nitrogens with zero attached hydrogens (tertiary/aromatic N) is 1. The van der Waals surface area contributed by atoms with Crippen LogP contribution in [0.1, 0.15) is 34.5 Å². The van der Waals surface area contributed by atoms with Gasteiger partial charge >= 0.3 is 5.97 Å². The van der Waals surface area contributed by atoms with Gasteiger partial charge in [0.25, 0.3) is 0 Å². The summed E-state index contributed by atoms with van der Waals surface area (Å²) in [6.45, 7) is 1.91. The lowest BCUT2D eigenvalue weighted by molar-refractivity contribution is 0.0326. The van der Waals surface area contributed by atoms with Gasteiger partial charge in [0.2, 0.25) is 5.11 Å². The number of fused-ring (bicyclic) bond motifs is 1. The van der Waals surface area contributed by atoms with Crippen molar-refractivity contribution in [2.75, 3.05) is 0 Å². The second-order valence-electron chi connectivity index (χ2n) is 5.83. The third-order valence-electron chi connectivity index (χ3n) is 4.18. The molecule has 0 bridgehead atoms. The summed E-state index contributed by atoms with van der Waals surface area (Å²) in [6.07, 6.45) is -0.479. The molecule has 2 aromatic rings. The third kappa shape index (κ3) is 3.51. The van der Waals surface area contributed by atoms with E-state index in [0.29, 0.717) is 11.3 Å². The molecule has 5 N–H and O–H groups in total. The van der Waals surface area contributed by atoms with Crippen LogP contribution in [0, 0.1) is 5.92 Å². The van der Waals surface area contributed by atoms with Crippen LogP contribution in [0.15, 0.2) is 53.6 Å². The van der Waals surface area contributed by atoms with Gasteiger partial charge in [-0.25, -0.2) is 10.6 Å². The fraction of sp³-hybridized carbons (Fsp3) is 0.167. The first-order chi connectivity index (χ1) is 12.5. The highest BCUT2D eigenvalue weighted by molar-refractivity contribution is 7.80. The zero-order valence-electron chi connectivity index (χ0n) is 14.0. The van der Waals surface area contributed by atoms with E-state index in [1.165, 1.54) is 0 Å². The topological polar surface area (TPSA) is 109 Å². The van der Waals surface area contributed by atoms with E-state index in [4.69, 9.17) is 22.8 Å². The Balaban J connectivity index is 1.98. The summed E-state index contributed by atoms with van der Waals surface area (Å²) in [5.74, 6) is 4.79. The van der Waals surface area contributed by atoms with Gasteiger partial charge in [-0.15, -0.1) is 0 Å². The number of esters is 1. The average Bonchev–Trinajstić information content (AvgIpc) is 3.00. The maximum atomic E-state index is 12.1. The van der Waals surface area contributed by atoms with Crippen LogP contribution >= 0.6 is 12.2 Å². The molecule has 1 aliphatic heterocycles. The van der Waals surface area contributed by atoms with Crippen molar-refractivity contribution in [1.29, 1.82) is 0 Å². The molecule has 0 radical (unpaired) electrons. The van der Waals surface area contributed by atoms with Crippen LogP contribution in [0.4, 0.5) is 0 Å². The minimum absolute atomic E-state index is 0.144. The Labute approximate surface area is 155 Å². The number of thiocarbonyl (C=S) groups is 1. The Hall–Kier alpha value is -2.97. The number of hydrazone groups is 1. The molecule has 26 heavy (non-hydrogen) atoms. The number of carbonyl (C=O) groups excluding carboxylic acids is 1. The van der Waals surface area contributed by atoms with Gasteiger partial charge in [0.1, 0.15) is 11.9 Å². The van der Waals surface area contributed by atoms with E-state index in [-0.39, 0.29) is 22.7 Å². The molecule has 8 heteroatoms. The number of rotatable bonds is 4. The molecule has 1 heterocycles. The van der Waals surface area contributed by atoms with Gasteiger partial charge < -0.3 is 9.84 Å². The number of carbonyl (C=O) groups is 1. The van der Waals surface area contributed by atoms with Crippen molar-refractivity contribution in [1.82, 2.24) is 10.9 Å².